The lowest BCUT2D eigenvalue weighted by Crippen LogP contribution is -2.02. The first-order valence-electron chi connectivity index (χ1n) is 3.73. The zero-order valence-corrected chi connectivity index (χ0v) is 8.91. The van der Waals surface area contributed by atoms with Crippen molar-refractivity contribution in [1.82, 2.24) is 4.98 Å². The summed E-state index contributed by atoms with van der Waals surface area (Å²) in [6, 6.07) is 2.66. The fraction of sp³-hybridized carbons (Fsp3) is 0.375. The minimum Gasteiger partial charge on any atom is -0.616 e. The van der Waals surface area contributed by atoms with Crippen LogP contribution < -0.4 is 0 Å². The van der Waals surface area contributed by atoms with Crippen molar-refractivity contribution in [3.05, 3.63) is 28.5 Å². The van der Waals surface area contributed by atoms with Crippen molar-refractivity contribution in [2.75, 3.05) is 6.26 Å². The molecule has 1 heterocycles. The van der Waals surface area contributed by atoms with E-state index >= 15 is 0 Å². The Bertz CT molecular complexity index is 322. The van der Waals surface area contributed by atoms with Gasteiger partial charge in [-0.1, -0.05) is 22.8 Å². The Morgan fingerprint density at radius 2 is 2.21 bits per heavy atom. The molecule has 1 unspecified atom stereocenters. The number of halogens is 3. The van der Waals surface area contributed by atoms with Crippen LogP contribution in [0.2, 0.25) is 5.15 Å². The number of pyridine rings is 1. The number of rotatable bonds is 3. The number of hydrogen-bond acceptors (Lipinski definition) is 2. The molecule has 0 N–H and O–H groups in total. The summed E-state index contributed by atoms with van der Waals surface area (Å²) in [6.45, 7) is 0. The van der Waals surface area contributed by atoms with Crippen molar-refractivity contribution in [1.29, 1.82) is 0 Å². The van der Waals surface area contributed by atoms with E-state index < -0.39 is 17.6 Å². The average Bonchev–Trinajstić information content (AvgIpc) is 2.01. The Morgan fingerprint density at radius 1 is 1.57 bits per heavy atom. The van der Waals surface area contributed by atoms with Crippen molar-refractivity contribution in [3.8, 4) is 0 Å². The molecule has 0 radical (unpaired) electrons. The van der Waals surface area contributed by atoms with Crippen LogP contribution in [-0.2, 0) is 16.9 Å². The molecule has 0 spiro atoms. The van der Waals surface area contributed by atoms with Crippen LogP contribution in [0.1, 0.15) is 17.7 Å². The zero-order valence-electron chi connectivity index (χ0n) is 7.34. The molecule has 0 aliphatic heterocycles. The monoisotopic (exact) mass is 239 g/mol. The summed E-state index contributed by atoms with van der Waals surface area (Å²) in [5.41, 5.74) is 0.138. The van der Waals surface area contributed by atoms with E-state index in [0.29, 0.717) is 5.56 Å². The number of alkyl halides is 2. The van der Waals surface area contributed by atoms with Gasteiger partial charge in [0.2, 0.25) is 0 Å². The number of nitrogens with zero attached hydrogens (tertiary/aromatic N) is 1. The van der Waals surface area contributed by atoms with Gasteiger partial charge in [0.25, 0.3) is 6.43 Å². The summed E-state index contributed by atoms with van der Waals surface area (Å²) < 4.78 is 35.4. The van der Waals surface area contributed by atoms with Gasteiger partial charge in [-0.05, 0) is 12.1 Å². The SMILES string of the molecule is C[S+]([O-])Cc1cc(Cl)nc(C(F)F)c1. The van der Waals surface area contributed by atoms with Crippen molar-refractivity contribution < 1.29 is 13.3 Å². The van der Waals surface area contributed by atoms with Crippen LogP contribution in [0.4, 0.5) is 8.78 Å². The Morgan fingerprint density at radius 3 is 2.71 bits per heavy atom. The molecule has 2 nitrogen and oxygen atoms in total. The van der Waals surface area contributed by atoms with Crippen LogP contribution in [0.5, 0.6) is 0 Å². The summed E-state index contributed by atoms with van der Waals surface area (Å²) in [5.74, 6) is 0.210. The summed E-state index contributed by atoms with van der Waals surface area (Å²) in [6.07, 6.45) is -1.16. The minimum absolute atomic E-state index is 0.00301. The number of aromatic nitrogens is 1. The maximum Gasteiger partial charge on any atom is 0.280 e. The first kappa shape index (κ1) is 11.7. The normalized spacial score (nSPS) is 13.3. The second kappa shape index (κ2) is 4.91. The highest BCUT2D eigenvalue weighted by atomic mass is 35.5. The van der Waals surface area contributed by atoms with E-state index in [1.807, 2.05) is 0 Å². The lowest BCUT2D eigenvalue weighted by atomic mass is 10.2. The first-order valence-corrected chi connectivity index (χ1v) is 5.84. The third-order valence-electron chi connectivity index (χ3n) is 1.47. The Balaban J connectivity index is 2.95. The van der Waals surface area contributed by atoms with E-state index in [1.54, 1.807) is 0 Å². The fourth-order valence-electron chi connectivity index (χ4n) is 1.00. The molecule has 1 aromatic heterocycles. The molecule has 0 aliphatic rings. The predicted molar refractivity (Wildman–Crippen MR) is 52.0 cm³/mol. The summed E-state index contributed by atoms with van der Waals surface area (Å²) in [5, 5.41) is 0.00301. The largest absolute Gasteiger partial charge is 0.616 e. The van der Waals surface area contributed by atoms with E-state index in [9.17, 15) is 13.3 Å². The third kappa shape index (κ3) is 3.40. The van der Waals surface area contributed by atoms with Crippen molar-refractivity contribution in [3.63, 3.8) is 0 Å². The van der Waals surface area contributed by atoms with Gasteiger partial charge >= 0.3 is 0 Å². The van der Waals surface area contributed by atoms with Gasteiger partial charge in [-0.2, -0.15) is 0 Å². The maximum absolute atomic E-state index is 12.3. The first-order chi connectivity index (χ1) is 6.49. The quantitative estimate of drug-likeness (QED) is 0.600. The third-order valence-corrected chi connectivity index (χ3v) is 2.40. The average molecular weight is 240 g/mol. The maximum atomic E-state index is 12.3. The fourth-order valence-corrected chi connectivity index (χ4v) is 1.88. The van der Waals surface area contributed by atoms with Gasteiger partial charge in [0.05, 0.1) is 6.26 Å². The summed E-state index contributed by atoms with van der Waals surface area (Å²) >= 11 is 4.46. The Hall–Kier alpha value is -0.390. The lowest BCUT2D eigenvalue weighted by Gasteiger charge is -2.06. The number of hydrogen-bond donors (Lipinski definition) is 0. The molecule has 0 saturated heterocycles. The molecular formula is C8H8ClF2NOS. The molecule has 0 amide bonds. The van der Waals surface area contributed by atoms with E-state index in [-0.39, 0.29) is 16.6 Å². The van der Waals surface area contributed by atoms with E-state index in [2.05, 4.69) is 4.98 Å². The van der Waals surface area contributed by atoms with Crippen molar-refractivity contribution >= 4 is 22.8 Å². The molecule has 0 aliphatic carbocycles. The topological polar surface area (TPSA) is 36.0 Å². The summed E-state index contributed by atoms with van der Waals surface area (Å²) in [4.78, 5) is 3.46. The van der Waals surface area contributed by atoms with Crippen LogP contribution in [0, 0.1) is 0 Å². The van der Waals surface area contributed by atoms with Crippen molar-refractivity contribution in [2.24, 2.45) is 0 Å². The van der Waals surface area contributed by atoms with Crippen molar-refractivity contribution in [2.45, 2.75) is 12.2 Å². The van der Waals surface area contributed by atoms with Gasteiger partial charge in [-0.3, -0.25) is 0 Å². The van der Waals surface area contributed by atoms with Crippen LogP contribution in [-0.4, -0.2) is 15.8 Å². The van der Waals surface area contributed by atoms with Crippen LogP contribution >= 0.6 is 11.6 Å². The molecule has 0 saturated carbocycles. The van der Waals surface area contributed by atoms with Gasteiger partial charge in [-0.25, -0.2) is 13.8 Å². The van der Waals surface area contributed by atoms with Gasteiger partial charge in [-0.15, -0.1) is 0 Å². The molecule has 1 rings (SSSR count). The van der Waals surface area contributed by atoms with Gasteiger partial charge in [0.15, 0.2) is 0 Å². The smallest absolute Gasteiger partial charge is 0.280 e. The molecule has 0 aromatic carbocycles. The minimum atomic E-state index is -2.65. The molecular weight excluding hydrogens is 232 g/mol. The highest BCUT2D eigenvalue weighted by Gasteiger charge is 2.12. The van der Waals surface area contributed by atoms with E-state index in [4.69, 9.17) is 11.6 Å². The molecule has 6 heteroatoms. The highest BCUT2D eigenvalue weighted by molar-refractivity contribution is 7.89. The van der Waals surface area contributed by atoms with E-state index in [0.717, 1.165) is 0 Å². The molecule has 1 aromatic rings. The Kier molecular flexibility index (Phi) is 4.10. The van der Waals surface area contributed by atoms with Gasteiger partial charge in [0, 0.05) is 5.56 Å². The van der Waals surface area contributed by atoms with Gasteiger partial charge in [0.1, 0.15) is 16.6 Å². The standard InChI is InChI=1S/C8H8ClF2NOS/c1-14(13)4-5-2-6(8(10)11)12-7(9)3-5/h2-3,8H,4H2,1H3. The summed E-state index contributed by atoms with van der Waals surface area (Å²) in [7, 11) is 0. The second-order valence-electron chi connectivity index (χ2n) is 2.74. The van der Waals surface area contributed by atoms with Crippen LogP contribution in [0.25, 0.3) is 0 Å². The van der Waals surface area contributed by atoms with Crippen LogP contribution in [0.3, 0.4) is 0 Å². The predicted octanol–water partition coefficient (Wildman–Crippen LogP) is 2.55. The second-order valence-corrected chi connectivity index (χ2v) is 4.56. The highest BCUT2D eigenvalue weighted by Crippen LogP contribution is 2.21. The Labute approximate surface area is 88.5 Å². The van der Waals surface area contributed by atoms with Crippen LogP contribution in [0.15, 0.2) is 12.1 Å². The molecule has 0 bridgehead atoms. The molecule has 0 fully saturated rings. The lowest BCUT2D eigenvalue weighted by molar-refractivity contribution is 0.146. The van der Waals surface area contributed by atoms with Gasteiger partial charge < -0.3 is 4.55 Å². The zero-order chi connectivity index (χ0) is 10.7. The molecule has 1 atom stereocenters. The molecule has 14 heavy (non-hydrogen) atoms. The molecule has 78 valence electrons. The van der Waals surface area contributed by atoms with E-state index in [1.165, 1.54) is 18.4 Å².